The summed E-state index contributed by atoms with van der Waals surface area (Å²) in [5, 5.41) is 2.04. The SMILES string of the molecule is Cn1ccc(C(=O)N2CCCN(C(=O)CCc3cccs3)CC2)c1. The summed E-state index contributed by atoms with van der Waals surface area (Å²) in [5.41, 5.74) is 0.718. The van der Waals surface area contributed by atoms with Crippen LogP contribution in [0.2, 0.25) is 0 Å². The van der Waals surface area contributed by atoms with Crippen LogP contribution in [0.4, 0.5) is 0 Å². The minimum atomic E-state index is 0.0588. The third kappa shape index (κ3) is 4.06. The van der Waals surface area contributed by atoms with E-state index in [-0.39, 0.29) is 11.8 Å². The van der Waals surface area contributed by atoms with Crippen molar-refractivity contribution < 1.29 is 9.59 Å². The van der Waals surface area contributed by atoms with Gasteiger partial charge in [-0.2, -0.15) is 0 Å². The molecule has 24 heavy (non-hydrogen) atoms. The molecule has 6 heteroatoms. The second-order valence-corrected chi connectivity index (χ2v) is 7.20. The number of thiophene rings is 1. The molecule has 0 bridgehead atoms. The number of nitrogens with zero attached hydrogens (tertiary/aromatic N) is 3. The summed E-state index contributed by atoms with van der Waals surface area (Å²) in [6, 6.07) is 5.93. The van der Waals surface area contributed by atoms with E-state index in [9.17, 15) is 9.59 Å². The number of hydrogen-bond donors (Lipinski definition) is 0. The normalized spacial score (nSPS) is 15.4. The van der Waals surface area contributed by atoms with Gasteiger partial charge in [-0.25, -0.2) is 0 Å². The van der Waals surface area contributed by atoms with E-state index >= 15 is 0 Å². The van der Waals surface area contributed by atoms with Crippen LogP contribution < -0.4 is 0 Å². The Morgan fingerprint density at radius 2 is 1.92 bits per heavy atom. The first-order valence-corrected chi connectivity index (χ1v) is 9.23. The maximum absolute atomic E-state index is 12.5. The highest BCUT2D eigenvalue weighted by atomic mass is 32.1. The van der Waals surface area contributed by atoms with Gasteiger partial charge in [0.1, 0.15) is 0 Å². The molecule has 2 aromatic rings. The molecular formula is C18H23N3O2S. The number of carbonyl (C=O) groups is 2. The van der Waals surface area contributed by atoms with Crippen molar-refractivity contribution in [1.29, 1.82) is 0 Å². The number of aryl methyl sites for hydroxylation is 2. The van der Waals surface area contributed by atoms with Crippen LogP contribution in [0.15, 0.2) is 36.0 Å². The average molecular weight is 345 g/mol. The van der Waals surface area contributed by atoms with Gasteiger partial charge in [0.15, 0.2) is 0 Å². The van der Waals surface area contributed by atoms with Gasteiger partial charge in [0.2, 0.25) is 5.91 Å². The Labute approximate surface area is 146 Å². The Bertz CT molecular complexity index is 693. The van der Waals surface area contributed by atoms with Crippen molar-refractivity contribution >= 4 is 23.2 Å². The molecule has 1 saturated heterocycles. The Hall–Kier alpha value is -2.08. The van der Waals surface area contributed by atoms with Crippen LogP contribution in [0.5, 0.6) is 0 Å². The van der Waals surface area contributed by atoms with E-state index < -0.39 is 0 Å². The second-order valence-electron chi connectivity index (χ2n) is 6.17. The van der Waals surface area contributed by atoms with E-state index in [0.717, 1.165) is 24.9 Å². The molecule has 0 atom stereocenters. The van der Waals surface area contributed by atoms with Crippen molar-refractivity contribution in [2.75, 3.05) is 26.2 Å². The quantitative estimate of drug-likeness (QED) is 0.854. The zero-order chi connectivity index (χ0) is 16.9. The smallest absolute Gasteiger partial charge is 0.255 e. The molecule has 0 aromatic carbocycles. The van der Waals surface area contributed by atoms with Crippen LogP contribution in [0.3, 0.4) is 0 Å². The highest BCUT2D eigenvalue weighted by Crippen LogP contribution is 2.14. The van der Waals surface area contributed by atoms with Crippen LogP contribution in [0.25, 0.3) is 0 Å². The molecule has 1 aliphatic rings. The van der Waals surface area contributed by atoms with Gasteiger partial charge in [-0.1, -0.05) is 6.07 Å². The molecule has 0 unspecified atom stereocenters. The fraction of sp³-hybridized carbons (Fsp3) is 0.444. The largest absolute Gasteiger partial charge is 0.356 e. The predicted octanol–water partition coefficient (Wildman–Crippen LogP) is 2.39. The van der Waals surface area contributed by atoms with Gasteiger partial charge >= 0.3 is 0 Å². The molecule has 3 heterocycles. The fourth-order valence-electron chi connectivity index (χ4n) is 3.03. The van der Waals surface area contributed by atoms with Crippen molar-refractivity contribution in [2.24, 2.45) is 7.05 Å². The zero-order valence-corrected chi connectivity index (χ0v) is 14.8. The molecule has 2 aromatic heterocycles. The summed E-state index contributed by atoms with van der Waals surface area (Å²) < 4.78 is 1.88. The minimum absolute atomic E-state index is 0.0588. The van der Waals surface area contributed by atoms with Crippen molar-refractivity contribution in [2.45, 2.75) is 19.3 Å². The zero-order valence-electron chi connectivity index (χ0n) is 14.0. The first-order chi connectivity index (χ1) is 11.6. The van der Waals surface area contributed by atoms with Crippen LogP contribution in [0.1, 0.15) is 28.1 Å². The highest BCUT2D eigenvalue weighted by molar-refractivity contribution is 7.09. The molecule has 0 aliphatic carbocycles. The maximum atomic E-state index is 12.5. The van der Waals surface area contributed by atoms with Gasteiger partial charge in [-0.05, 0) is 30.4 Å². The Kier molecular flexibility index (Phi) is 5.35. The van der Waals surface area contributed by atoms with E-state index in [2.05, 4.69) is 6.07 Å². The Balaban J connectivity index is 1.52. The first kappa shape index (κ1) is 16.8. The van der Waals surface area contributed by atoms with Gasteiger partial charge in [0, 0.05) is 56.9 Å². The summed E-state index contributed by atoms with van der Waals surface area (Å²) >= 11 is 1.69. The standard InChI is InChI=1S/C18H23N3O2S/c1-19-10-7-15(14-19)18(23)21-9-3-8-20(11-12-21)17(22)6-5-16-4-2-13-24-16/h2,4,7,10,13-14H,3,5-6,8-9,11-12H2,1H3. The molecular weight excluding hydrogens is 322 g/mol. The van der Waals surface area contributed by atoms with E-state index in [4.69, 9.17) is 0 Å². The fourth-order valence-corrected chi connectivity index (χ4v) is 3.73. The third-order valence-corrected chi connectivity index (χ3v) is 5.32. The van der Waals surface area contributed by atoms with Gasteiger partial charge in [-0.3, -0.25) is 9.59 Å². The van der Waals surface area contributed by atoms with Gasteiger partial charge in [0.05, 0.1) is 5.56 Å². The molecule has 3 rings (SSSR count). The average Bonchev–Trinajstić information content (AvgIpc) is 3.18. The molecule has 0 N–H and O–H groups in total. The molecule has 0 radical (unpaired) electrons. The minimum Gasteiger partial charge on any atom is -0.356 e. The van der Waals surface area contributed by atoms with E-state index in [1.54, 1.807) is 11.3 Å². The second kappa shape index (κ2) is 7.66. The number of hydrogen-bond acceptors (Lipinski definition) is 3. The summed E-state index contributed by atoms with van der Waals surface area (Å²) in [5.74, 6) is 0.251. The van der Waals surface area contributed by atoms with Crippen molar-refractivity contribution in [3.8, 4) is 0 Å². The van der Waals surface area contributed by atoms with Gasteiger partial charge < -0.3 is 14.4 Å². The van der Waals surface area contributed by atoms with E-state index in [0.29, 0.717) is 26.1 Å². The summed E-state index contributed by atoms with van der Waals surface area (Å²) in [6.45, 7) is 2.69. The molecule has 5 nitrogen and oxygen atoms in total. The number of amides is 2. The molecule has 2 amide bonds. The number of rotatable bonds is 4. The van der Waals surface area contributed by atoms with E-state index in [1.165, 1.54) is 4.88 Å². The molecule has 1 aliphatic heterocycles. The Morgan fingerprint density at radius 3 is 2.62 bits per heavy atom. The lowest BCUT2D eigenvalue weighted by atomic mass is 10.2. The highest BCUT2D eigenvalue weighted by Gasteiger charge is 2.23. The molecule has 0 spiro atoms. The van der Waals surface area contributed by atoms with Crippen LogP contribution >= 0.6 is 11.3 Å². The van der Waals surface area contributed by atoms with Gasteiger partial charge in [-0.15, -0.1) is 11.3 Å². The van der Waals surface area contributed by atoms with Crippen LogP contribution in [0, 0.1) is 0 Å². The van der Waals surface area contributed by atoms with Crippen molar-refractivity contribution in [1.82, 2.24) is 14.4 Å². The summed E-state index contributed by atoms with van der Waals surface area (Å²) in [7, 11) is 1.91. The molecule has 1 fully saturated rings. The lowest BCUT2D eigenvalue weighted by molar-refractivity contribution is -0.131. The monoisotopic (exact) mass is 345 g/mol. The van der Waals surface area contributed by atoms with Gasteiger partial charge in [0.25, 0.3) is 5.91 Å². The molecule has 128 valence electrons. The van der Waals surface area contributed by atoms with Crippen LogP contribution in [-0.2, 0) is 18.3 Å². The lowest BCUT2D eigenvalue weighted by Gasteiger charge is -2.22. The third-order valence-electron chi connectivity index (χ3n) is 4.38. The Morgan fingerprint density at radius 1 is 1.12 bits per heavy atom. The van der Waals surface area contributed by atoms with E-state index in [1.807, 2.05) is 51.3 Å². The summed E-state index contributed by atoms with van der Waals surface area (Å²) in [6.07, 6.45) is 5.92. The first-order valence-electron chi connectivity index (χ1n) is 8.35. The van der Waals surface area contributed by atoms with Crippen molar-refractivity contribution in [3.05, 3.63) is 46.4 Å². The number of aromatic nitrogens is 1. The van der Waals surface area contributed by atoms with Crippen LogP contribution in [-0.4, -0.2) is 52.4 Å². The maximum Gasteiger partial charge on any atom is 0.255 e. The predicted molar refractivity (Wildman–Crippen MR) is 95.2 cm³/mol. The summed E-state index contributed by atoms with van der Waals surface area (Å²) in [4.78, 5) is 30.0. The number of carbonyl (C=O) groups excluding carboxylic acids is 2. The molecule has 0 saturated carbocycles. The van der Waals surface area contributed by atoms with Crippen molar-refractivity contribution in [3.63, 3.8) is 0 Å². The lowest BCUT2D eigenvalue weighted by Crippen LogP contribution is -2.37. The topological polar surface area (TPSA) is 45.6 Å².